The van der Waals surface area contributed by atoms with E-state index in [9.17, 15) is 22.7 Å². The number of amides is 1. The molecule has 7 nitrogen and oxygen atoms in total. The summed E-state index contributed by atoms with van der Waals surface area (Å²) in [6.45, 7) is 1.49. The van der Waals surface area contributed by atoms with Gasteiger partial charge in [0, 0.05) is 5.56 Å². The molecule has 3 aromatic rings. The standard InChI is InChI=1S/C19H16FN3O4S2/c1-12(15-11-13(20)8-9-17(15)24)21-22-19(25)14-5-2-3-6-16(14)23-29(26,27)18-7-4-10-28-18/h2-11,23-24H,1H3,(H,22,25). The van der Waals surface area contributed by atoms with Crippen LogP contribution in [0.4, 0.5) is 10.1 Å². The number of aromatic hydroxyl groups is 1. The summed E-state index contributed by atoms with van der Waals surface area (Å²) in [6.07, 6.45) is 0. The summed E-state index contributed by atoms with van der Waals surface area (Å²) >= 11 is 1.05. The Kier molecular flexibility index (Phi) is 5.95. The van der Waals surface area contributed by atoms with Gasteiger partial charge < -0.3 is 5.11 Å². The van der Waals surface area contributed by atoms with E-state index in [1.807, 2.05) is 0 Å². The number of nitrogens with one attached hydrogen (secondary N) is 2. The summed E-state index contributed by atoms with van der Waals surface area (Å²) < 4.78 is 40.8. The number of anilines is 1. The number of hydrazone groups is 1. The fraction of sp³-hybridized carbons (Fsp3) is 0.0526. The maximum Gasteiger partial charge on any atom is 0.273 e. The molecular weight excluding hydrogens is 417 g/mol. The van der Waals surface area contributed by atoms with Gasteiger partial charge in [0.15, 0.2) is 0 Å². The highest BCUT2D eigenvalue weighted by Crippen LogP contribution is 2.23. The molecule has 0 spiro atoms. The molecule has 3 rings (SSSR count). The lowest BCUT2D eigenvalue weighted by atomic mass is 10.1. The van der Waals surface area contributed by atoms with E-state index in [-0.39, 0.29) is 32.5 Å². The molecule has 10 heteroatoms. The molecule has 0 aliphatic rings. The monoisotopic (exact) mass is 433 g/mol. The highest BCUT2D eigenvalue weighted by atomic mass is 32.2. The lowest BCUT2D eigenvalue weighted by Gasteiger charge is -2.11. The van der Waals surface area contributed by atoms with Crippen LogP contribution in [0.3, 0.4) is 0 Å². The first-order chi connectivity index (χ1) is 13.8. The average molecular weight is 433 g/mol. The number of sulfonamides is 1. The van der Waals surface area contributed by atoms with Crippen LogP contribution >= 0.6 is 11.3 Å². The van der Waals surface area contributed by atoms with Crippen LogP contribution in [0.25, 0.3) is 0 Å². The minimum atomic E-state index is -3.83. The molecule has 2 aromatic carbocycles. The smallest absolute Gasteiger partial charge is 0.273 e. The molecule has 1 aromatic heterocycles. The van der Waals surface area contributed by atoms with Crippen molar-refractivity contribution in [3.05, 3.63) is 76.9 Å². The molecule has 1 heterocycles. The molecule has 0 atom stereocenters. The van der Waals surface area contributed by atoms with Crippen molar-refractivity contribution in [1.82, 2.24) is 5.43 Å². The lowest BCUT2D eigenvalue weighted by Crippen LogP contribution is -2.22. The van der Waals surface area contributed by atoms with E-state index in [4.69, 9.17) is 0 Å². The van der Waals surface area contributed by atoms with Gasteiger partial charge in [0.05, 0.1) is 17.0 Å². The number of carbonyl (C=O) groups is 1. The van der Waals surface area contributed by atoms with E-state index in [0.29, 0.717) is 0 Å². The van der Waals surface area contributed by atoms with E-state index in [1.165, 1.54) is 31.2 Å². The third kappa shape index (κ3) is 4.79. The van der Waals surface area contributed by atoms with Gasteiger partial charge in [-0.25, -0.2) is 18.2 Å². The van der Waals surface area contributed by atoms with E-state index >= 15 is 0 Å². The number of benzene rings is 2. The molecular formula is C19H16FN3O4S2. The molecule has 0 saturated carbocycles. The number of para-hydroxylation sites is 1. The van der Waals surface area contributed by atoms with Crippen molar-refractivity contribution in [2.45, 2.75) is 11.1 Å². The Hall–Kier alpha value is -3.24. The number of phenolic OH excluding ortho intramolecular Hbond substituents is 1. The summed E-state index contributed by atoms with van der Waals surface area (Å²) in [5, 5.41) is 15.3. The van der Waals surface area contributed by atoms with Crippen molar-refractivity contribution in [2.75, 3.05) is 4.72 Å². The first-order valence-electron chi connectivity index (χ1n) is 8.27. The van der Waals surface area contributed by atoms with Crippen molar-refractivity contribution in [3.8, 4) is 5.75 Å². The molecule has 0 radical (unpaired) electrons. The van der Waals surface area contributed by atoms with Crippen LogP contribution in [0.2, 0.25) is 0 Å². The third-order valence-electron chi connectivity index (χ3n) is 3.85. The molecule has 29 heavy (non-hydrogen) atoms. The van der Waals surface area contributed by atoms with Gasteiger partial charge in [-0.1, -0.05) is 18.2 Å². The quantitative estimate of drug-likeness (QED) is 0.408. The fourth-order valence-corrected chi connectivity index (χ4v) is 4.51. The fourth-order valence-electron chi connectivity index (χ4n) is 2.43. The summed E-state index contributed by atoms with van der Waals surface area (Å²) in [6, 6.07) is 12.5. The number of thiophene rings is 1. The van der Waals surface area contributed by atoms with E-state index < -0.39 is 21.7 Å². The number of hydrogen-bond donors (Lipinski definition) is 3. The van der Waals surface area contributed by atoms with Gasteiger partial charge in [-0.15, -0.1) is 11.3 Å². The Morgan fingerprint density at radius 2 is 1.86 bits per heavy atom. The molecule has 150 valence electrons. The largest absolute Gasteiger partial charge is 0.507 e. The Labute approximate surface area is 170 Å². The molecule has 0 aliphatic carbocycles. The van der Waals surface area contributed by atoms with Crippen LogP contribution in [0.15, 0.2) is 69.3 Å². The SMILES string of the molecule is CC(=NNC(=O)c1ccccc1NS(=O)(=O)c1cccs1)c1cc(F)ccc1O. The van der Waals surface area contributed by atoms with Crippen molar-refractivity contribution in [2.24, 2.45) is 5.10 Å². The van der Waals surface area contributed by atoms with Gasteiger partial charge in [-0.2, -0.15) is 5.10 Å². The topological polar surface area (TPSA) is 108 Å². The molecule has 0 saturated heterocycles. The van der Waals surface area contributed by atoms with Gasteiger partial charge in [0.25, 0.3) is 15.9 Å². The second-order valence-corrected chi connectivity index (χ2v) is 8.74. The van der Waals surface area contributed by atoms with Crippen molar-refractivity contribution < 1.29 is 22.7 Å². The normalized spacial score (nSPS) is 11.9. The van der Waals surface area contributed by atoms with Crippen molar-refractivity contribution in [3.63, 3.8) is 0 Å². The number of halogens is 1. The summed E-state index contributed by atoms with van der Waals surface area (Å²) in [4.78, 5) is 12.5. The average Bonchev–Trinajstić information content (AvgIpc) is 3.24. The maximum atomic E-state index is 13.4. The maximum absolute atomic E-state index is 13.4. The van der Waals surface area contributed by atoms with Crippen molar-refractivity contribution in [1.29, 1.82) is 0 Å². The summed E-state index contributed by atoms with van der Waals surface area (Å²) in [7, 11) is -3.83. The van der Waals surface area contributed by atoms with E-state index in [0.717, 1.165) is 23.5 Å². The molecule has 0 bridgehead atoms. The third-order valence-corrected chi connectivity index (χ3v) is 6.61. The minimum Gasteiger partial charge on any atom is -0.507 e. The first-order valence-corrected chi connectivity index (χ1v) is 10.6. The van der Waals surface area contributed by atoms with Gasteiger partial charge in [-0.3, -0.25) is 9.52 Å². The molecule has 0 aliphatic heterocycles. The molecule has 3 N–H and O–H groups in total. The highest BCUT2D eigenvalue weighted by Gasteiger charge is 2.19. The van der Waals surface area contributed by atoms with Crippen LogP contribution in [-0.2, 0) is 10.0 Å². The van der Waals surface area contributed by atoms with Crippen LogP contribution in [0.1, 0.15) is 22.8 Å². The van der Waals surface area contributed by atoms with E-state index in [1.54, 1.807) is 23.6 Å². The predicted molar refractivity (Wildman–Crippen MR) is 109 cm³/mol. The van der Waals surface area contributed by atoms with Crippen LogP contribution in [0.5, 0.6) is 5.75 Å². The highest BCUT2D eigenvalue weighted by molar-refractivity contribution is 7.94. The minimum absolute atomic E-state index is 0.0487. The summed E-state index contributed by atoms with van der Waals surface area (Å²) in [5.41, 5.74) is 2.72. The number of hydrogen-bond acceptors (Lipinski definition) is 6. The van der Waals surface area contributed by atoms with Crippen LogP contribution in [0, 0.1) is 5.82 Å². The zero-order chi connectivity index (χ0) is 21.0. The van der Waals surface area contributed by atoms with Gasteiger partial charge in [0.2, 0.25) is 0 Å². The number of rotatable bonds is 6. The summed E-state index contributed by atoms with van der Waals surface area (Å²) in [5.74, 6) is -1.43. The van der Waals surface area contributed by atoms with Crippen LogP contribution in [-0.4, -0.2) is 25.1 Å². The predicted octanol–water partition coefficient (Wildman–Crippen LogP) is 3.55. The Bertz CT molecular complexity index is 1180. The Morgan fingerprint density at radius 1 is 1.10 bits per heavy atom. The lowest BCUT2D eigenvalue weighted by molar-refractivity contribution is 0.0955. The van der Waals surface area contributed by atoms with Gasteiger partial charge in [0.1, 0.15) is 15.8 Å². The molecule has 0 unspecified atom stereocenters. The molecule has 0 fully saturated rings. The zero-order valence-corrected chi connectivity index (χ0v) is 16.7. The Morgan fingerprint density at radius 3 is 2.59 bits per heavy atom. The Balaban J connectivity index is 1.83. The second kappa shape index (κ2) is 8.41. The van der Waals surface area contributed by atoms with Gasteiger partial charge >= 0.3 is 0 Å². The van der Waals surface area contributed by atoms with E-state index in [2.05, 4.69) is 15.2 Å². The number of phenols is 1. The number of carbonyl (C=O) groups excluding carboxylic acids is 1. The van der Waals surface area contributed by atoms with Crippen molar-refractivity contribution >= 4 is 38.7 Å². The molecule has 1 amide bonds. The van der Waals surface area contributed by atoms with Gasteiger partial charge in [-0.05, 0) is 48.7 Å². The number of nitrogens with zero attached hydrogens (tertiary/aromatic N) is 1. The second-order valence-electron chi connectivity index (χ2n) is 5.88. The first kappa shape index (κ1) is 20.5. The zero-order valence-electron chi connectivity index (χ0n) is 15.1. The van der Waals surface area contributed by atoms with Crippen LogP contribution < -0.4 is 10.1 Å².